The van der Waals surface area contributed by atoms with Crippen LogP contribution in [0.2, 0.25) is 0 Å². The van der Waals surface area contributed by atoms with Gasteiger partial charge in [-0.1, -0.05) is 117 Å². The molecule has 38 heavy (non-hydrogen) atoms. The first-order valence-corrected chi connectivity index (χ1v) is 13.2. The maximum atomic E-state index is 12.9. The number of fused-ring (bicyclic) bond motifs is 1. The van der Waals surface area contributed by atoms with E-state index in [0.717, 1.165) is 22.3 Å². The lowest BCUT2D eigenvalue weighted by molar-refractivity contribution is -0.121. The molecule has 5 aromatic rings. The lowest BCUT2D eigenvalue weighted by atomic mass is 9.98. The third kappa shape index (κ3) is 5.30. The summed E-state index contributed by atoms with van der Waals surface area (Å²) < 4.78 is 2.30. The summed E-state index contributed by atoms with van der Waals surface area (Å²) in [7, 11) is 0. The van der Waals surface area contributed by atoms with Gasteiger partial charge in [0.2, 0.25) is 5.91 Å². The van der Waals surface area contributed by atoms with Crippen molar-refractivity contribution in [2.75, 3.05) is 0 Å². The highest BCUT2D eigenvalue weighted by Crippen LogP contribution is 2.42. The summed E-state index contributed by atoms with van der Waals surface area (Å²) in [6, 6.07) is 35.6. The van der Waals surface area contributed by atoms with Gasteiger partial charge in [0.15, 0.2) is 0 Å². The number of hydrogen-bond donors (Lipinski definition) is 1. The summed E-state index contributed by atoms with van der Waals surface area (Å²) in [6.07, 6.45) is 2.01. The SMILES string of the molecule is Cc1cccc2c(-c3ccccc3)c(-c3ccccc3)n(CCC(=O)N/N=C/c3ccc(C(C)C)cc3)c12. The third-order valence-corrected chi connectivity index (χ3v) is 6.96. The van der Waals surface area contributed by atoms with Gasteiger partial charge >= 0.3 is 0 Å². The number of aromatic nitrogens is 1. The van der Waals surface area contributed by atoms with Crippen molar-refractivity contribution in [2.45, 2.75) is 39.7 Å². The van der Waals surface area contributed by atoms with E-state index in [-0.39, 0.29) is 5.91 Å². The topological polar surface area (TPSA) is 46.4 Å². The minimum Gasteiger partial charge on any atom is -0.339 e. The summed E-state index contributed by atoms with van der Waals surface area (Å²) in [4.78, 5) is 12.9. The van der Waals surface area contributed by atoms with Gasteiger partial charge in [0, 0.05) is 23.9 Å². The third-order valence-electron chi connectivity index (χ3n) is 6.96. The minimum absolute atomic E-state index is 0.115. The van der Waals surface area contributed by atoms with Crippen molar-refractivity contribution in [2.24, 2.45) is 5.10 Å². The Morgan fingerprint density at radius 2 is 1.50 bits per heavy atom. The van der Waals surface area contributed by atoms with Crippen molar-refractivity contribution in [3.63, 3.8) is 0 Å². The molecule has 0 aliphatic heterocycles. The van der Waals surface area contributed by atoms with Crippen LogP contribution < -0.4 is 5.43 Å². The number of benzene rings is 4. The Hall–Kier alpha value is -4.44. The molecule has 0 fully saturated rings. The molecule has 0 bridgehead atoms. The highest BCUT2D eigenvalue weighted by molar-refractivity contribution is 6.05. The molecule has 0 saturated heterocycles. The molecule has 0 aliphatic carbocycles. The Bertz CT molecular complexity index is 1560. The number of nitrogens with one attached hydrogen (secondary N) is 1. The average Bonchev–Trinajstić information content (AvgIpc) is 3.28. The van der Waals surface area contributed by atoms with Crippen molar-refractivity contribution in [3.8, 4) is 22.4 Å². The number of carbonyl (C=O) groups is 1. The maximum absolute atomic E-state index is 12.9. The van der Waals surface area contributed by atoms with Gasteiger partial charge < -0.3 is 4.57 Å². The summed E-state index contributed by atoms with van der Waals surface area (Å²) >= 11 is 0. The van der Waals surface area contributed by atoms with Crippen molar-refractivity contribution in [1.29, 1.82) is 0 Å². The van der Waals surface area contributed by atoms with Gasteiger partial charge in [0.25, 0.3) is 0 Å². The highest BCUT2D eigenvalue weighted by Gasteiger charge is 2.21. The van der Waals surface area contributed by atoms with Gasteiger partial charge in [-0.25, -0.2) is 5.43 Å². The molecule has 0 unspecified atom stereocenters. The number of carbonyl (C=O) groups excluding carboxylic acids is 1. The second-order valence-corrected chi connectivity index (χ2v) is 9.94. The van der Waals surface area contributed by atoms with E-state index in [1.807, 2.05) is 24.3 Å². The van der Waals surface area contributed by atoms with E-state index in [2.05, 4.69) is 115 Å². The lowest BCUT2D eigenvalue weighted by Crippen LogP contribution is -2.19. The van der Waals surface area contributed by atoms with Crippen LogP contribution in [-0.2, 0) is 11.3 Å². The number of rotatable bonds is 8. The first-order chi connectivity index (χ1) is 18.5. The number of hydrogen-bond acceptors (Lipinski definition) is 2. The number of amides is 1. The zero-order valence-electron chi connectivity index (χ0n) is 22.2. The number of para-hydroxylation sites is 1. The van der Waals surface area contributed by atoms with Crippen molar-refractivity contribution in [3.05, 3.63) is 120 Å². The average molecular weight is 500 g/mol. The standard InChI is InChI=1S/C34H33N3O/c1-24(2)27-19-17-26(18-20-27)23-35-36-31(38)21-22-37-33-25(3)11-10-16-30(33)32(28-12-6-4-7-13-28)34(37)29-14-8-5-9-15-29/h4-20,23-24H,21-22H2,1-3H3,(H,36,38)/b35-23+. The molecule has 1 aromatic heterocycles. The Morgan fingerprint density at radius 1 is 0.842 bits per heavy atom. The largest absolute Gasteiger partial charge is 0.339 e. The van der Waals surface area contributed by atoms with Crippen LogP contribution in [0.4, 0.5) is 0 Å². The van der Waals surface area contributed by atoms with Gasteiger partial charge in [0.05, 0.1) is 17.4 Å². The quantitative estimate of drug-likeness (QED) is 0.171. The van der Waals surface area contributed by atoms with Crippen molar-refractivity contribution < 1.29 is 4.79 Å². The first-order valence-electron chi connectivity index (χ1n) is 13.2. The van der Waals surface area contributed by atoms with Crippen LogP contribution in [0.3, 0.4) is 0 Å². The van der Waals surface area contributed by atoms with Crippen LogP contribution in [0.15, 0.2) is 108 Å². The van der Waals surface area contributed by atoms with Gasteiger partial charge in [0.1, 0.15) is 0 Å². The molecular formula is C34H33N3O. The Labute approximate surface area is 224 Å². The van der Waals surface area contributed by atoms with Crippen LogP contribution in [0.25, 0.3) is 33.3 Å². The fourth-order valence-electron chi connectivity index (χ4n) is 5.03. The Morgan fingerprint density at radius 3 is 2.16 bits per heavy atom. The Kier molecular flexibility index (Phi) is 7.50. The Balaban J connectivity index is 1.45. The van der Waals surface area contributed by atoms with E-state index in [0.29, 0.717) is 18.9 Å². The zero-order valence-corrected chi connectivity index (χ0v) is 22.2. The van der Waals surface area contributed by atoms with Gasteiger partial charge in [-0.15, -0.1) is 0 Å². The molecule has 4 nitrogen and oxygen atoms in total. The lowest BCUT2D eigenvalue weighted by Gasteiger charge is -2.13. The van der Waals surface area contributed by atoms with Crippen LogP contribution in [0, 0.1) is 6.92 Å². The fourth-order valence-corrected chi connectivity index (χ4v) is 5.03. The van der Waals surface area contributed by atoms with Crippen LogP contribution in [0.1, 0.15) is 42.9 Å². The molecule has 0 atom stereocenters. The van der Waals surface area contributed by atoms with E-state index >= 15 is 0 Å². The molecule has 1 N–H and O–H groups in total. The van der Waals surface area contributed by atoms with E-state index in [1.54, 1.807) is 6.21 Å². The molecule has 0 saturated carbocycles. The molecule has 190 valence electrons. The molecule has 4 heteroatoms. The summed E-state index contributed by atoms with van der Waals surface area (Å²) in [5.41, 5.74) is 11.9. The van der Waals surface area contributed by atoms with E-state index in [1.165, 1.54) is 27.6 Å². The van der Waals surface area contributed by atoms with E-state index in [4.69, 9.17) is 0 Å². The molecule has 4 aromatic carbocycles. The molecule has 5 rings (SSSR count). The maximum Gasteiger partial charge on any atom is 0.241 e. The highest BCUT2D eigenvalue weighted by atomic mass is 16.2. The van der Waals surface area contributed by atoms with E-state index < -0.39 is 0 Å². The summed E-state index contributed by atoms with van der Waals surface area (Å²) in [5.74, 6) is 0.369. The predicted molar refractivity (Wildman–Crippen MR) is 158 cm³/mol. The number of nitrogens with zero attached hydrogens (tertiary/aromatic N) is 2. The minimum atomic E-state index is -0.115. The van der Waals surface area contributed by atoms with Crippen LogP contribution in [-0.4, -0.2) is 16.7 Å². The molecule has 1 heterocycles. The van der Waals surface area contributed by atoms with Crippen molar-refractivity contribution >= 4 is 23.0 Å². The van der Waals surface area contributed by atoms with Gasteiger partial charge in [-0.05, 0) is 40.7 Å². The molecule has 0 spiro atoms. The number of hydrazone groups is 1. The monoisotopic (exact) mass is 499 g/mol. The molecule has 0 radical (unpaired) electrons. The second-order valence-electron chi connectivity index (χ2n) is 9.94. The fraction of sp³-hybridized carbons (Fsp3) is 0.176. The zero-order chi connectivity index (χ0) is 26.5. The normalized spacial score (nSPS) is 11.5. The first kappa shape index (κ1) is 25.2. The predicted octanol–water partition coefficient (Wildman–Crippen LogP) is 7.95. The van der Waals surface area contributed by atoms with Crippen molar-refractivity contribution in [1.82, 2.24) is 9.99 Å². The van der Waals surface area contributed by atoms with Gasteiger partial charge in [-0.2, -0.15) is 5.10 Å². The van der Waals surface area contributed by atoms with Gasteiger partial charge in [-0.3, -0.25) is 4.79 Å². The molecule has 0 aliphatic rings. The number of aryl methyl sites for hydroxylation is 2. The smallest absolute Gasteiger partial charge is 0.241 e. The summed E-state index contributed by atoms with van der Waals surface area (Å²) in [6.45, 7) is 7.02. The second kappa shape index (κ2) is 11.3. The van der Waals surface area contributed by atoms with E-state index in [9.17, 15) is 4.79 Å². The molecular weight excluding hydrogens is 466 g/mol. The summed E-state index contributed by atoms with van der Waals surface area (Å²) in [5, 5.41) is 5.40. The molecule has 1 amide bonds. The van der Waals surface area contributed by atoms with Crippen LogP contribution >= 0.6 is 0 Å². The van der Waals surface area contributed by atoms with Crippen LogP contribution in [0.5, 0.6) is 0 Å².